The van der Waals surface area contributed by atoms with Crippen molar-refractivity contribution >= 4 is 5.91 Å². The number of rotatable bonds is 3. The van der Waals surface area contributed by atoms with Gasteiger partial charge in [-0.25, -0.2) is 4.98 Å². The number of likely N-dealkylation sites (N-methyl/N-ethyl adjacent to an activating group) is 1. The molecule has 3 aliphatic rings. The van der Waals surface area contributed by atoms with Crippen molar-refractivity contribution in [3.8, 4) is 0 Å². The van der Waals surface area contributed by atoms with E-state index >= 15 is 0 Å². The summed E-state index contributed by atoms with van der Waals surface area (Å²) < 4.78 is 0. The van der Waals surface area contributed by atoms with E-state index < -0.39 is 0 Å². The van der Waals surface area contributed by atoms with Gasteiger partial charge in [-0.3, -0.25) is 9.69 Å². The Bertz CT molecular complexity index is 619. The molecule has 3 fully saturated rings. The number of piperidine rings is 2. The first-order chi connectivity index (χ1) is 12.0. The van der Waals surface area contributed by atoms with E-state index in [0.29, 0.717) is 17.4 Å². The van der Waals surface area contributed by atoms with E-state index in [0.717, 1.165) is 58.5 Å². The third-order valence-electron chi connectivity index (χ3n) is 6.73. The predicted octanol–water partition coefficient (Wildman–Crippen LogP) is 1.63. The molecule has 138 valence electrons. The predicted molar refractivity (Wildman–Crippen MR) is 97.1 cm³/mol. The SMILES string of the molecule is Cc1[nH]cnc1CN1CCC2(CCC(=O)N([C@H]3CCN(C)C3)C2)CC1. The molecule has 4 heterocycles. The van der Waals surface area contributed by atoms with Crippen molar-refractivity contribution < 1.29 is 4.79 Å². The number of carbonyl (C=O) groups excluding carboxylic acids is 1. The summed E-state index contributed by atoms with van der Waals surface area (Å²) >= 11 is 0. The number of aryl methyl sites for hydroxylation is 1. The fraction of sp³-hybridized carbons (Fsp3) is 0.789. The molecule has 1 aromatic heterocycles. The molecule has 1 N–H and O–H groups in total. The molecular formula is C19H31N5O. The molecule has 3 saturated heterocycles. The number of carbonyl (C=O) groups is 1. The van der Waals surface area contributed by atoms with Crippen LogP contribution in [0.4, 0.5) is 0 Å². The summed E-state index contributed by atoms with van der Waals surface area (Å²) in [6.45, 7) is 8.44. The first-order valence-corrected chi connectivity index (χ1v) is 9.74. The Hall–Kier alpha value is -1.40. The lowest BCUT2D eigenvalue weighted by Gasteiger charge is -2.49. The molecule has 1 amide bonds. The van der Waals surface area contributed by atoms with E-state index in [1.54, 1.807) is 6.33 Å². The number of hydrogen-bond donors (Lipinski definition) is 1. The number of hydrogen-bond acceptors (Lipinski definition) is 4. The van der Waals surface area contributed by atoms with Crippen molar-refractivity contribution in [2.75, 3.05) is 39.8 Å². The standard InChI is InChI=1S/C19H31N5O/c1-15-17(21-14-20-15)12-23-9-6-19(7-10-23)5-3-18(25)24(13-19)16-4-8-22(2)11-16/h14,16H,3-13H2,1-2H3,(H,20,21)/t16-/m0/s1. The van der Waals surface area contributed by atoms with Crippen LogP contribution in [0.5, 0.6) is 0 Å². The number of imidazole rings is 1. The molecule has 6 nitrogen and oxygen atoms in total. The normalized spacial score (nSPS) is 28.2. The third kappa shape index (κ3) is 3.47. The lowest BCUT2D eigenvalue weighted by molar-refractivity contribution is -0.142. The molecule has 1 aromatic rings. The second kappa shape index (κ2) is 6.72. The third-order valence-corrected chi connectivity index (χ3v) is 6.73. The van der Waals surface area contributed by atoms with Gasteiger partial charge >= 0.3 is 0 Å². The van der Waals surface area contributed by atoms with Crippen molar-refractivity contribution in [2.24, 2.45) is 5.41 Å². The van der Waals surface area contributed by atoms with E-state index in [4.69, 9.17) is 0 Å². The van der Waals surface area contributed by atoms with Gasteiger partial charge in [0.1, 0.15) is 0 Å². The van der Waals surface area contributed by atoms with Crippen LogP contribution >= 0.6 is 0 Å². The van der Waals surface area contributed by atoms with Crippen LogP contribution in [0.15, 0.2) is 6.33 Å². The fourth-order valence-corrected chi connectivity index (χ4v) is 4.90. The smallest absolute Gasteiger partial charge is 0.222 e. The minimum Gasteiger partial charge on any atom is -0.348 e. The Morgan fingerprint density at radius 3 is 2.72 bits per heavy atom. The lowest BCUT2D eigenvalue weighted by atomic mass is 9.72. The van der Waals surface area contributed by atoms with Crippen molar-refractivity contribution in [2.45, 2.75) is 51.6 Å². The molecule has 0 aliphatic carbocycles. The van der Waals surface area contributed by atoms with Gasteiger partial charge in [0, 0.05) is 37.8 Å². The summed E-state index contributed by atoms with van der Waals surface area (Å²) in [6.07, 6.45) is 7.19. The maximum absolute atomic E-state index is 12.5. The molecule has 0 aromatic carbocycles. The highest BCUT2D eigenvalue weighted by atomic mass is 16.2. The quantitative estimate of drug-likeness (QED) is 0.905. The molecule has 4 rings (SSSR count). The van der Waals surface area contributed by atoms with Crippen LogP contribution in [-0.4, -0.2) is 76.4 Å². The largest absolute Gasteiger partial charge is 0.348 e. The van der Waals surface area contributed by atoms with Gasteiger partial charge in [-0.1, -0.05) is 0 Å². The number of likely N-dealkylation sites (tertiary alicyclic amines) is 3. The second-order valence-electron chi connectivity index (χ2n) is 8.48. The fourth-order valence-electron chi connectivity index (χ4n) is 4.90. The number of H-pyrrole nitrogens is 1. The molecule has 0 unspecified atom stereocenters. The van der Waals surface area contributed by atoms with Crippen LogP contribution in [0.2, 0.25) is 0 Å². The van der Waals surface area contributed by atoms with E-state index in [9.17, 15) is 4.79 Å². The molecule has 0 radical (unpaired) electrons. The van der Waals surface area contributed by atoms with Crippen LogP contribution in [0, 0.1) is 12.3 Å². The summed E-state index contributed by atoms with van der Waals surface area (Å²) in [4.78, 5) is 27.2. The summed E-state index contributed by atoms with van der Waals surface area (Å²) in [6, 6.07) is 0.444. The van der Waals surface area contributed by atoms with Crippen molar-refractivity contribution in [1.29, 1.82) is 0 Å². The second-order valence-corrected chi connectivity index (χ2v) is 8.48. The number of amides is 1. The van der Waals surface area contributed by atoms with Crippen LogP contribution in [0.25, 0.3) is 0 Å². The van der Waals surface area contributed by atoms with Crippen LogP contribution < -0.4 is 0 Å². The highest BCUT2D eigenvalue weighted by Crippen LogP contribution is 2.41. The van der Waals surface area contributed by atoms with Gasteiger partial charge < -0.3 is 14.8 Å². The zero-order chi connectivity index (χ0) is 17.4. The minimum absolute atomic E-state index is 0.353. The van der Waals surface area contributed by atoms with E-state index in [1.165, 1.54) is 24.2 Å². The summed E-state index contributed by atoms with van der Waals surface area (Å²) in [5.74, 6) is 0.389. The van der Waals surface area contributed by atoms with E-state index in [-0.39, 0.29) is 0 Å². The Balaban J connectivity index is 1.37. The molecule has 0 saturated carbocycles. The highest BCUT2D eigenvalue weighted by Gasteiger charge is 2.43. The molecule has 1 spiro atoms. The van der Waals surface area contributed by atoms with Crippen molar-refractivity contribution in [1.82, 2.24) is 24.7 Å². The van der Waals surface area contributed by atoms with Gasteiger partial charge in [0.05, 0.1) is 12.0 Å². The van der Waals surface area contributed by atoms with Crippen LogP contribution in [-0.2, 0) is 11.3 Å². The summed E-state index contributed by atoms with van der Waals surface area (Å²) in [5, 5.41) is 0. The average Bonchev–Trinajstić information content (AvgIpc) is 3.21. The molecule has 25 heavy (non-hydrogen) atoms. The molecule has 1 atom stereocenters. The Labute approximate surface area is 150 Å². The van der Waals surface area contributed by atoms with Crippen molar-refractivity contribution in [3.05, 3.63) is 17.7 Å². The van der Waals surface area contributed by atoms with E-state index in [1.807, 2.05) is 0 Å². The Morgan fingerprint density at radius 1 is 1.28 bits per heavy atom. The molecular weight excluding hydrogens is 314 g/mol. The number of aromatic amines is 1. The van der Waals surface area contributed by atoms with Crippen LogP contribution in [0.3, 0.4) is 0 Å². The maximum Gasteiger partial charge on any atom is 0.222 e. The van der Waals surface area contributed by atoms with Crippen LogP contribution in [0.1, 0.15) is 43.5 Å². The zero-order valence-electron chi connectivity index (χ0n) is 15.6. The average molecular weight is 345 g/mol. The topological polar surface area (TPSA) is 55.5 Å². The first-order valence-electron chi connectivity index (χ1n) is 9.74. The number of nitrogens with one attached hydrogen (secondary N) is 1. The number of aromatic nitrogens is 2. The Morgan fingerprint density at radius 2 is 2.08 bits per heavy atom. The summed E-state index contributed by atoms with van der Waals surface area (Å²) in [5.41, 5.74) is 2.71. The van der Waals surface area contributed by atoms with E-state index in [2.05, 4.69) is 38.6 Å². The van der Waals surface area contributed by atoms with Gasteiger partial charge in [0.15, 0.2) is 0 Å². The van der Waals surface area contributed by atoms with Gasteiger partial charge in [0.25, 0.3) is 0 Å². The minimum atomic E-state index is 0.353. The van der Waals surface area contributed by atoms with Gasteiger partial charge in [-0.05, 0) is 64.7 Å². The molecule has 6 heteroatoms. The monoisotopic (exact) mass is 345 g/mol. The Kier molecular flexibility index (Phi) is 4.58. The number of nitrogens with zero attached hydrogens (tertiary/aromatic N) is 4. The highest BCUT2D eigenvalue weighted by molar-refractivity contribution is 5.77. The lowest BCUT2D eigenvalue weighted by Crippen LogP contribution is -2.54. The first kappa shape index (κ1) is 17.0. The summed E-state index contributed by atoms with van der Waals surface area (Å²) in [7, 11) is 2.17. The van der Waals surface area contributed by atoms with Crippen molar-refractivity contribution in [3.63, 3.8) is 0 Å². The van der Waals surface area contributed by atoms with Gasteiger partial charge in [-0.15, -0.1) is 0 Å². The van der Waals surface area contributed by atoms with Gasteiger partial charge in [-0.2, -0.15) is 0 Å². The molecule has 0 bridgehead atoms. The maximum atomic E-state index is 12.5. The molecule has 3 aliphatic heterocycles. The zero-order valence-corrected chi connectivity index (χ0v) is 15.6. The van der Waals surface area contributed by atoms with Gasteiger partial charge in [0.2, 0.25) is 5.91 Å².